The van der Waals surface area contributed by atoms with Crippen LogP contribution in [0.25, 0.3) is 0 Å². The number of nitrogens with one attached hydrogen (secondary N) is 1. The Kier molecular flexibility index (Phi) is 4.93. The third-order valence-electron chi connectivity index (χ3n) is 6.63. The summed E-state index contributed by atoms with van der Waals surface area (Å²) < 4.78 is 83.1. The first-order valence-corrected chi connectivity index (χ1v) is 9.77. The lowest BCUT2D eigenvalue weighted by atomic mass is 9.53. The highest BCUT2D eigenvalue weighted by Gasteiger charge is 2.80. The first-order valence-electron chi connectivity index (χ1n) is 9.77. The van der Waals surface area contributed by atoms with Crippen LogP contribution in [0.1, 0.15) is 29.7 Å². The highest BCUT2D eigenvalue weighted by atomic mass is 19.2. The molecule has 4 rings (SSSR count). The Balaban J connectivity index is 2.13. The summed E-state index contributed by atoms with van der Waals surface area (Å²) in [6.45, 7) is 3.08. The molecule has 1 N–H and O–H groups in total. The second-order valence-corrected chi connectivity index (χ2v) is 8.12. The second-order valence-electron chi connectivity index (χ2n) is 8.12. The molecule has 4 unspecified atom stereocenters. The number of hydrogen-bond acceptors (Lipinski definition) is 6. The van der Waals surface area contributed by atoms with E-state index in [0.29, 0.717) is 0 Å². The molecule has 2 saturated heterocycles. The zero-order valence-electron chi connectivity index (χ0n) is 17.5. The molecule has 0 aliphatic carbocycles. The van der Waals surface area contributed by atoms with Gasteiger partial charge in [-0.1, -0.05) is 36.8 Å². The highest BCUT2D eigenvalue weighted by molar-refractivity contribution is 5.89. The first kappa shape index (κ1) is 23.2. The van der Waals surface area contributed by atoms with Crippen LogP contribution < -0.4 is 0 Å². The van der Waals surface area contributed by atoms with Gasteiger partial charge in [-0.25, -0.2) is 22.0 Å². The summed E-state index contributed by atoms with van der Waals surface area (Å²) in [6, 6.07) is 10.8. The molecule has 34 heavy (non-hydrogen) atoms. The van der Waals surface area contributed by atoms with Gasteiger partial charge in [0.05, 0.1) is 29.7 Å². The Morgan fingerprint density at radius 1 is 0.853 bits per heavy atom. The summed E-state index contributed by atoms with van der Waals surface area (Å²) in [5.74, 6) is -16.1. The van der Waals surface area contributed by atoms with Crippen molar-refractivity contribution in [3.05, 3.63) is 70.0 Å². The van der Waals surface area contributed by atoms with Gasteiger partial charge in [-0.3, -0.25) is 5.41 Å². The SMILES string of the molecule is Cc1ccc(C23OC(=N)C(C#N)(C2C)C(C#N)(C#N)C(c2c(F)c(F)c(F)c(F)c2F)O3)cc1. The molecule has 2 aliphatic rings. The fourth-order valence-corrected chi connectivity index (χ4v) is 4.76. The molecule has 2 aliphatic heterocycles. The van der Waals surface area contributed by atoms with Crippen molar-refractivity contribution in [1.29, 1.82) is 21.2 Å². The number of hydrogen-bond donors (Lipinski definition) is 1. The van der Waals surface area contributed by atoms with Crippen molar-refractivity contribution >= 4 is 5.90 Å². The van der Waals surface area contributed by atoms with Gasteiger partial charge < -0.3 is 9.47 Å². The monoisotopic (exact) mass is 472 g/mol. The molecule has 0 spiro atoms. The number of benzene rings is 2. The average Bonchev–Trinajstić information content (AvgIpc) is 2.99. The molecule has 4 atom stereocenters. The molecule has 172 valence electrons. The number of aryl methyl sites for hydroxylation is 1. The normalized spacial score (nSPS) is 29.0. The minimum Gasteiger partial charge on any atom is -0.443 e. The third-order valence-corrected chi connectivity index (χ3v) is 6.63. The van der Waals surface area contributed by atoms with Gasteiger partial charge in [0.15, 0.2) is 28.7 Å². The van der Waals surface area contributed by atoms with E-state index in [0.717, 1.165) is 5.56 Å². The molecule has 2 aromatic carbocycles. The number of halogens is 5. The fourth-order valence-electron chi connectivity index (χ4n) is 4.76. The summed E-state index contributed by atoms with van der Waals surface area (Å²) in [5, 5.41) is 38.6. The molecular formula is C23H13F5N4O2. The van der Waals surface area contributed by atoms with Gasteiger partial charge in [0, 0.05) is 5.56 Å². The summed E-state index contributed by atoms with van der Waals surface area (Å²) in [7, 11) is 0. The number of fused-ring (bicyclic) bond motifs is 2. The van der Waals surface area contributed by atoms with Crippen molar-refractivity contribution in [3.63, 3.8) is 0 Å². The van der Waals surface area contributed by atoms with E-state index in [1.807, 2.05) is 0 Å². The number of nitrogens with zero attached hydrogens (tertiary/aromatic N) is 3. The van der Waals surface area contributed by atoms with Crippen LogP contribution in [0.2, 0.25) is 0 Å². The summed E-state index contributed by atoms with van der Waals surface area (Å²) in [6.07, 6.45) is -2.49. The number of nitriles is 3. The first-order chi connectivity index (χ1) is 16.0. The van der Waals surface area contributed by atoms with E-state index in [2.05, 4.69) is 0 Å². The molecule has 6 nitrogen and oxygen atoms in total. The molecule has 0 amide bonds. The predicted octanol–water partition coefficient (Wildman–Crippen LogP) is 4.80. The maximum Gasteiger partial charge on any atom is 0.244 e. The van der Waals surface area contributed by atoms with Crippen molar-refractivity contribution in [2.45, 2.75) is 25.7 Å². The van der Waals surface area contributed by atoms with Crippen molar-refractivity contribution in [1.82, 2.24) is 0 Å². The molecule has 2 aromatic rings. The van der Waals surface area contributed by atoms with Gasteiger partial charge in [-0.2, -0.15) is 15.8 Å². The van der Waals surface area contributed by atoms with Crippen LogP contribution in [-0.2, 0) is 15.3 Å². The van der Waals surface area contributed by atoms with Gasteiger partial charge >= 0.3 is 0 Å². The van der Waals surface area contributed by atoms with E-state index in [-0.39, 0.29) is 5.56 Å². The Morgan fingerprint density at radius 2 is 1.35 bits per heavy atom. The molecule has 2 heterocycles. The standard InChI is InChI=1S/C23H13F5N4O2/c1-10-3-5-12(6-4-10)23-11(2)22(9-31,20(32)34-23)21(7-29,8-30)19(33-23)13-14(24)16(26)18(28)17(27)15(13)25/h3-6,11,19,32H,1-2H3. The Morgan fingerprint density at radius 3 is 1.82 bits per heavy atom. The molecule has 0 radical (unpaired) electrons. The summed E-state index contributed by atoms with van der Waals surface area (Å²) >= 11 is 0. The largest absolute Gasteiger partial charge is 0.443 e. The van der Waals surface area contributed by atoms with Crippen LogP contribution in [0, 0.1) is 92.2 Å². The van der Waals surface area contributed by atoms with Crippen LogP contribution in [0.4, 0.5) is 22.0 Å². The van der Waals surface area contributed by atoms with Crippen molar-refractivity contribution in [2.75, 3.05) is 0 Å². The van der Waals surface area contributed by atoms with E-state index in [1.54, 1.807) is 25.1 Å². The molecule has 0 aromatic heterocycles. The quantitative estimate of drug-likeness (QED) is 0.383. The molecular weight excluding hydrogens is 459 g/mol. The fraction of sp³-hybridized carbons (Fsp3) is 0.304. The smallest absolute Gasteiger partial charge is 0.244 e. The second kappa shape index (κ2) is 7.24. The lowest BCUT2D eigenvalue weighted by molar-refractivity contribution is -0.289. The lowest BCUT2D eigenvalue weighted by Crippen LogP contribution is -2.58. The molecule has 2 fully saturated rings. The van der Waals surface area contributed by atoms with Gasteiger partial charge in [0.2, 0.25) is 22.9 Å². The van der Waals surface area contributed by atoms with Crippen LogP contribution >= 0.6 is 0 Å². The van der Waals surface area contributed by atoms with Gasteiger partial charge in [-0.15, -0.1) is 0 Å². The molecule has 2 bridgehead atoms. The predicted molar refractivity (Wildman–Crippen MR) is 103 cm³/mol. The average molecular weight is 472 g/mol. The maximum absolute atomic E-state index is 14.9. The van der Waals surface area contributed by atoms with Crippen molar-refractivity contribution in [3.8, 4) is 18.2 Å². The van der Waals surface area contributed by atoms with Crippen LogP contribution in [0.3, 0.4) is 0 Å². The Bertz CT molecular complexity index is 1330. The zero-order valence-corrected chi connectivity index (χ0v) is 17.5. The minimum atomic E-state index is -2.92. The van der Waals surface area contributed by atoms with E-state index >= 15 is 0 Å². The topological polar surface area (TPSA) is 114 Å². The van der Waals surface area contributed by atoms with Gasteiger partial charge in [-0.05, 0) is 6.92 Å². The van der Waals surface area contributed by atoms with E-state index in [1.165, 1.54) is 31.2 Å². The van der Waals surface area contributed by atoms with Crippen molar-refractivity contribution in [2.24, 2.45) is 16.7 Å². The van der Waals surface area contributed by atoms with Gasteiger partial charge in [0.1, 0.15) is 6.10 Å². The minimum absolute atomic E-state index is 0.144. The van der Waals surface area contributed by atoms with E-state index in [9.17, 15) is 37.7 Å². The third kappa shape index (κ3) is 2.41. The molecule has 0 saturated carbocycles. The zero-order chi connectivity index (χ0) is 25.2. The van der Waals surface area contributed by atoms with Crippen LogP contribution in [-0.4, -0.2) is 5.90 Å². The highest BCUT2D eigenvalue weighted by Crippen LogP contribution is 2.69. The maximum atomic E-state index is 14.9. The summed E-state index contributed by atoms with van der Waals surface area (Å²) in [4.78, 5) is 0. The number of ether oxygens (including phenoxy) is 2. The summed E-state index contributed by atoms with van der Waals surface area (Å²) in [5.41, 5.74) is -6.08. The van der Waals surface area contributed by atoms with E-state index < -0.39 is 69.2 Å². The number of rotatable bonds is 2. The molecule has 11 heteroatoms. The lowest BCUT2D eigenvalue weighted by Gasteiger charge is -2.48. The van der Waals surface area contributed by atoms with E-state index in [4.69, 9.17) is 14.9 Å². The van der Waals surface area contributed by atoms with Crippen LogP contribution in [0.5, 0.6) is 0 Å². The van der Waals surface area contributed by atoms with Gasteiger partial charge in [0.25, 0.3) is 0 Å². The Hall–Kier alpha value is -4.01. The van der Waals surface area contributed by atoms with Crippen molar-refractivity contribution < 1.29 is 31.4 Å². The Labute approximate surface area is 189 Å². The van der Waals surface area contributed by atoms with Crippen LogP contribution in [0.15, 0.2) is 24.3 Å².